The summed E-state index contributed by atoms with van der Waals surface area (Å²) < 4.78 is 0. The molecule has 1 amide bonds. The van der Waals surface area contributed by atoms with Crippen molar-refractivity contribution in [3.8, 4) is 11.1 Å². The Morgan fingerprint density at radius 3 is 2.59 bits per heavy atom. The average Bonchev–Trinajstić information content (AvgIpc) is 3.10. The van der Waals surface area contributed by atoms with E-state index in [0.717, 1.165) is 16.7 Å². The third kappa shape index (κ3) is 3.01. The van der Waals surface area contributed by atoms with Gasteiger partial charge in [-0.05, 0) is 29.7 Å². The van der Waals surface area contributed by atoms with E-state index in [1.165, 1.54) is 6.20 Å². The summed E-state index contributed by atoms with van der Waals surface area (Å²) in [4.78, 5) is 16.0. The van der Waals surface area contributed by atoms with Gasteiger partial charge in [0.1, 0.15) is 0 Å². The fraction of sp³-hybridized carbons (Fsp3) is 0.125. The summed E-state index contributed by atoms with van der Waals surface area (Å²) in [5.74, 6) is -0.252. The van der Waals surface area contributed by atoms with Crippen LogP contribution >= 0.6 is 0 Å². The molecule has 0 aliphatic carbocycles. The van der Waals surface area contributed by atoms with Gasteiger partial charge in [0.15, 0.2) is 5.69 Å². The Kier molecular flexibility index (Phi) is 3.91. The van der Waals surface area contributed by atoms with Crippen LogP contribution in [0.25, 0.3) is 11.1 Å². The Balaban J connectivity index is 1.71. The maximum atomic E-state index is 11.9. The van der Waals surface area contributed by atoms with Crippen LogP contribution < -0.4 is 5.32 Å². The van der Waals surface area contributed by atoms with Crippen LogP contribution in [0.2, 0.25) is 0 Å². The molecule has 0 fully saturated rings. The van der Waals surface area contributed by atoms with Gasteiger partial charge in [-0.15, -0.1) is 0 Å². The Bertz CT molecular complexity index is 738. The molecule has 0 aliphatic heterocycles. The number of nitrogens with one attached hydrogen (secondary N) is 2. The number of hydrogen-bond donors (Lipinski definition) is 2. The molecule has 0 aliphatic rings. The zero-order chi connectivity index (χ0) is 15.4. The minimum absolute atomic E-state index is 0.118. The molecule has 2 heterocycles. The number of carbonyl (C=O) groups excluding carboxylic acids is 1. The third-order valence-electron chi connectivity index (χ3n) is 3.40. The lowest BCUT2D eigenvalue weighted by atomic mass is 10.0. The summed E-state index contributed by atoms with van der Waals surface area (Å²) in [6.07, 6.45) is 4.97. The van der Waals surface area contributed by atoms with E-state index in [2.05, 4.69) is 25.7 Å². The van der Waals surface area contributed by atoms with Crippen molar-refractivity contribution in [2.75, 3.05) is 0 Å². The first kappa shape index (κ1) is 13.9. The first-order valence-corrected chi connectivity index (χ1v) is 6.91. The second-order valence-electron chi connectivity index (χ2n) is 4.91. The van der Waals surface area contributed by atoms with Crippen LogP contribution in [0.3, 0.4) is 0 Å². The first-order valence-electron chi connectivity index (χ1n) is 6.91. The quantitative estimate of drug-likeness (QED) is 0.773. The summed E-state index contributed by atoms with van der Waals surface area (Å²) in [7, 11) is 0. The Morgan fingerprint density at radius 1 is 1.14 bits per heavy atom. The van der Waals surface area contributed by atoms with Gasteiger partial charge in [0.25, 0.3) is 5.91 Å². The molecule has 1 atom stereocenters. The van der Waals surface area contributed by atoms with Gasteiger partial charge in [-0.3, -0.25) is 9.78 Å². The highest BCUT2D eigenvalue weighted by Crippen LogP contribution is 2.21. The molecule has 2 N–H and O–H groups in total. The summed E-state index contributed by atoms with van der Waals surface area (Å²) in [5, 5.41) is 12.7. The van der Waals surface area contributed by atoms with Gasteiger partial charge in [0, 0.05) is 12.4 Å². The van der Waals surface area contributed by atoms with Gasteiger partial charge in [0.2, 0.25) is 0 Å². The van der Waals surface area contributed by atoms with Crippen LogP contribution in [0.15, 0.2) is 55.0 Å². The topological polar surface area (TPSA) is 83.6 Å². The van der Waals surface area contributed by atoms with Crippen molar-refractivity contribution in [2.45, 2.75) is 13.0 Å². The lowest BCUT2D eigenvalue weighted by Gasteiger charge is -2.14. The monoisotopic (exact) mass is 293 g/mol. The number of hydrogen-bond acceptors (Lipinski definition) is 4. The molecule has 0 unspecified atom stereocenters. The van der Waals surface area contributed by atoms with Gasteiger partial charge < -0.3 is 5.32 Å². The fourth-order valence-corrected chi connectivity index (χ4v) is 2.16. The van der Waals surface area contributed by atoms with Crippen LogP contribution in [0.5, 0.6) is 0 Å². The van der Waals surface area contributed by atoms with Crippen LogP contribution in [0, 0.1) is 0 Å². The molecule has 0 radical (unpaired) electrons. The van der Waals surface area contributed by atoms with Gasteiger partial charge >= 0.3 is 0 Å². The summed E-state index contributed by atoms with van der Waals surface area (Å²) in [6, 6.07) is 11.8. The van der Waals surface area contributed by atoms with E-state index in [1.807, 2.05) is 49.5 Å². The van der Waals surface area contributed by atoms with E-state index in [9.17, 15) is 4.79 Å². The fourth-order valence-electron chi connectivity index (χ4n) is 2.16. The highest BCUT2D eigenvalue weighted by Gasteiger charge is 2.13. The molecule has 0 saturated carbocycles. The number of amides is 1. The summed E-state index contributed by atoms with van der Waals surface area (Å²) >= 11 is 0. The third-order valence-corrected chi connectivity index (χ3v) is 3.40. The number of aromatic amines is 1. The zero-order valence-electron chi connectivity index (χ0n) is 12.0. The smallest absolute Gasteiger partial charge is 0.273 e. The predicted octanol–water partition coefficient (Wildman–Crippen LogP) is 2.36. The van der Waals surface area contributed by atoms with Crippen molar-refractivity contribution in [3.05, 3.63) is 66.2 Å². The molecule has 6 heteroatoms. The van der Waals surface area contributed by atoms with Crippen molar-refractivity contribution in [2.24, 2.45) is 0 Å². The molecular weight excluding hydrogens is 278 g/mol. The number of carbonyl (C=O) groups is 1. The van der Waals surface area contributed by atoms with E-state index in [4.69, 9.17) is 0 Å². The van der Waals surface area contributed by atoms with Gasteiger partial charge in [0.05, 0.1) is 12.2 Å². The number of rotatable bonds is 4. The van der Waals surface area contributed by atoms with Gasteiger partial charge in [-0.2, -0.15) is 15.4 Å². The Morgan fingerprint density at radius 2 is 1.95 bits per heavy atom. The van der Waals surface area contributed by atoms with Gasteiger partial charge in [-0.25, -0.2) is 0 Å². The van der Waals surface area contributed by atoms with Crippen LogP contribution in [0.1, 0.15) is 29.0 Å². The molecule has 1 aromatic carbocycles. The van der Waals surface area contributed by atoms with E-state index in [-0.39, 0.29) is 17.6 Å². The van der Waals surface area contributed by atoms with E-state index in [1.54, 1.807) is 6.20 Å². The van der Waals surface area contributed by atoms with Gasteiger partial charge in [-0.1, -0.05) is 30.3 Å². The molecule has 0 bridgehead atoms. The maximum absolute atomic E-state index is 11.9. The van der Waals surface area contributed by atoms with E-state index >= 15 is 0 Å². The maximum Gasteiger partial charge on any atom is 0.273 e. The Labute approximate surface area is 127 Å². The molecule has 22 heavy (non-hydrogen) atoms. The second kappa shape index (κ2) is 6.17. The van der Waals surface area contributed by atoms with Crippen molar-refractivity contribution in [1.82, 2.24) is 25.7 Å². The first-order chi connectivity index (χ1) is 10.7. The minimum Gasteiger partial charge on any atom is -0.344 e. The molecule has 0 saturated heterocycles. The predicted molar refractivity (Wildman–Crippen MR) is 81.9 cm³/mol. The minimum atomic E-state index is -0.252. The van der Waals surface area contributed by atoms with Crippen molar-refractivity contribution in [1.29, 1.82) is 0 Å². The molecule has 2 aromatic heterocycles. The van der Waals surface area contributed by atoms with Crippen LogP contribution in [-0.4, -0.2) is 26.3 Å². The van der Waals surface area contributed by atoms with E-state index < -0.39 is 0 Å². The van der Waals surface area contributed by atoms with Crippen LogP contribution in [0.4, 0.5) is 0 Å². The lowest BCUT2D eigenvalue weighted by molar-refractivity contribution is 0.0935. The normalized spacial score (nSPS) is 11.9. The number of benzene rings is 1. The average molecular weight is 293 g/mol. The zero-order valence-corrected chi connectivity index (χ0v) is 12.0. The highest BCUT2D eigenvalue weighted by molar-refractivity contribution is 5.92. The Hall–Kier alpha value is -3.02. The van der Waals surface area contributed by atoms with E-state index in [0.29, 0.717) is 0 Å². The standard InChI is InChI=1S/C16H15N5O/c1-11(19-16(22)15-10-18-21-20-15)12-4-6-13(7-5-12)14-3-2-8-17-9-14/h2-11H,1H3,(H,19,22)(H,18,20,21)/t11-/m1/s1. The van der Waals surface area contributed by atoms with Crippen molar-refractivity contribution >= 4 is 5.91 Å². The highest BCUT2D eigenvalue weighted by atomic mass is 16.2. The molecule has 0 spiro atoms. The van der Waals surface area contributed by atoms with Crippen molar-refractivity contribution < 1.29 is 4.79 Å². The molecular formula is C16H15N5O. The summed E-state index contributed by atoms with van der Waals surface area (Å²) in [5.41, 5.74) is 3.45. The number of aromatic nitrogens is 4. The number of H-pyrrole nitrogens is 1. The molecule has 3 aromatic rings. The lowest BCUT2D eigenvalue weighted by Crippen LogP contribution is -2.26. The van der Waals surface area contributed by atoms with Crippen LogP contribution in [-0.2, 0) is 0 Å². The number of pyridine rings is 1. The van der Waals surface area contributed by atoms with Crippen molar-refractivity contribution in [3.63, 3.8) is 0 Å². The molecule has 3 rings (SSSR count). The molecule has 110 valence electrons. The molecule has 6 nitrogen and oxygen atoms in total. The second-order valence-corrected chi connectivity index (χ2v) is 4.91. The largest absolute Gasteiger partial charge is 0.344 e. The number of nitrogens with zero attached hydrogens (tertiary/aromatic N) is 3. The summed E-state index contributed by atoms with van der Waals surface area (Å²) in [6.45, 7) is 1.93. The SMILES string of the molecule is C[C@@H](NC(=O)c1cn[nH]n1)c1ccc(-c2cccnc2)cc1.